The molecule has 1 aliphatic heterocycles. The van der Waals surface area contributed by atoms with Gasteiger partial charge in [-0.3, -0.25) is 4.79 Å². The van der Waals surface area contributed by atoms with Crippen LogP contribution in [-0.2, 0) is 29.4 Å². The van der Waals surface area contributed by atoms with E-state index in [2.05, 4.69) is 10.6 Å². The molecule has 2 aromatic carbocycles. The maximum absolute atomic E-state index is 13.9. The Bertz CT molecular complexity index is 1160. The molecule has 0 aliphatic carbocycles. The normalized spacial score (nSPS) is 15.4. The number of halogens is 1. The van der Waals surface area contributed by atoms with Crippen molar-refractivity contribution in [1.82, 2.24) is 4.31 Å². The van der Waals surface area contributed by atoms with Gasteiger partial charge in [0.1, 0.15) is 10.7 Å². The molecule has 0 unspecified atom stereocenters. The molecule has 1 saturated heterocycles. The molecule has 1 fully saturated rings. The molecular formula is C19H22FN3O6S2. The summed E-state index contributed by atoms with van der Waals surface area (Å²) in [5, 5.41) is 5.18. The number of hydrogen-bond acceptors (Lipinski definition) is 7. The summed E-state index contributed by atoms with van der Waals surface area (Å²) in [6.07, 6.45) is 0.878. The molecule has 0 bridgehead atoms. The Morgan fingerprint density at radius 2 is 1.71 bits per heavy atom. The summed E-state index contributed by atoms with van der Waals surface area (Å²) in [5.41, 5.74) is 0.333. The van der Waals surface area contributed by atoms with Gasteiger partial charge in [-0.2, -0.15) is 4.31 Å². The molecule has 0 atom stereocenters. The molecule has 1 amide bonds. The molecule has 2 aromatic rings. The van der Waals surface area contributed by atoms with E-state index in [1.165, 1.54) is 40.7 Å². The molecule has 2 N–H and O–H groups in total. The van der Waals surface area contributed by atoms with Crippen LogP contribution in [0.1, 0.15) is 0 Å². The third kappa shape index (κ3) is 5.58. The van der Waals surface area contributed by atoms with Gasteiger partial charge in [0, 0.05) is 25.0 Å². The Balaban J connectivity index is 1.64. The number of hydrogen-bond donors (Lipinski definition) is 2. The van der Waals surface area contributed by atoms with Crippen LogP contribution in [0.2, 0.25) is 0 Å². The summed E-state index contributed by atoms with van der Waals surface area (Å²) < 4.78 is 69.2. The molecule has 0 spiro atoms. The number of nitrogens with one attached hydrogen (secondary N) is 2. The summed E-state index contributed by atoms with van der Waals surface area (Å²) in [5.74, 6) is -1.43. The van der Waals surface area contributed by atoms with E-state index in [1.807, 2.05) is 0 Å². The summed E-state index contributed by atoms with van der Waals surface area (Å²) in [4.78, 5) is 11.8. The van der Waals surface area contributed by atoms with E-state index in [9.17, 15) is 26.0 Å². The minimum absolute atomic E-state index is 0.0235. The lowest BCUT2D eigenvalue weighted by atomic mass is 10.3. The molecule has 9 nitrogen and oxygen atoms in total. The van der Waals surface area contributed by atoms with E-state index in [0.29, 0.717) is 18.9 Å². The molecule has 31 heavy (non-hydrogen) atoms. The highest BCUT2D eigenvalue weighted by atomic mass is 32.2. The smallest absolute Gasteiger partial charge is 0.243 e. The Kier molecular flexibility index (Phi) is 6.94. The zero-order valence-corrected chi connectivity index (χ0v) is 18.3. The van der Waals surface area contributed by atoms with Gasteiger partial charge in [-0.05, 0) is 36.4 Å². The molecule has 168 valence electrons. The van der Waals surface area contributed by atoms with Gasteiger partial charge in [-0.25, -0.2) is 21.2 Å². The van der Waals surface area contributed by atoms with Crippen LogP contribution in [0.15, 0.2) is 52.3 Å². The van der Waals surface area contributed by atoms with Crippen LogP contribution >= 0.6 is 0 Å². The summed E-state index contributed by atoms with van der Waals surface area (Å²) in [6.45, 7) is 0.920. The zero-order chi connectivity index (χ0) is 22.6. The number of anilines is 2. The van der Waals surface area contributed by atoms with Crippen molar-refractivity contribution in [3.8, 4) is 0 Å². The third-order valence-electron chi connectivity index (χ3n) is 4.52. The first-order valence-electron chi connectivity index (χ1n) is 9.29. The lowest BCUT2D eigenvalue weighted by molar-refractivity contribution is -0.114. The number of amides is 1. The quantitative estimate of drug-likeness (QED) is 0.624. The van der Waals surface area contributed by atoms with Crippen LogP contribution in [0.3, 0.4) is 0 Å². The lowest BCUT2D eigenvalue weighted by Gasteiger charge is -2.26. The van der Waals surface area contributed by atoms with Crippen molar-refractivity contribution in [2.24, 2.45) is 0 Å². The third-order valence-corrected chi connectivity index (χ3v) is 7.59. The summed E-state index contributed by atoms with van der Waals surface area (Å²) in [7, 11) is -7.48. The minimum Gasteiger partial charge on any atom is -0.379 e. The topological polar surface area (TPSA) is 122 Å². The Hall–Kier alpha value is -2.54. The van der Waals surface area contributed by atoms with Crippen LogP contribution in [0.25, 0.3) is 0 Å². The van der Waals surface area contributed by atoms with Crippen molar-refractivity contribution >= 4 is 37.1 Å². The van der Waals surface area contributed by atoms with Gasteiger partial charge in [-0.1, -0.05) is 6.07 Å². The zero-order valence-electron chi connectivity index (χ0n) is 16.7. The molecule has 12 heteroatoms. The fourth-order valence-corrected chi connectivity index (χ4v) is 5.42. The van der Waals surface area contributed by atoms with Crippen LogP contribution in [0.5, 0.6) is 0 Å². The van der Waals surface area contributed by atoms with Crippen molar-refractivity contribution in [3.05, 3.63) is 48.3 Å². The Morgan fingerprint density at radius 1 is 1.06 bits per heavy atom. The number of ether oxygens (including phenoxy) is 1. The molecule has 3 rings (SSSR count). The second kappa shape index (κ2) is 9.30. The van der Waals surface area contributed by atoms with Gasteiger partial charge in [0.05, 0.1) is 30.3 Å². The highest BCUT2D eigenvalue weighted by Gasteiger charge is 2.26. The Labute approximate surface area is 180 Å². The van der Waals surface area contributed by atoms with Crippen molar-refractivity contribution in [2.75, 3.05) is 49.7 Å². The Morgan fingerprint density at radius 3 is 2.32 bits per heavy atom. The van der Waals surface area contributed by atoms with Crippen molar-refractivity contribution in [3.63, 3.8) is 0 Å². The van der Waals surface area contributed by atoms with E-state index < -0.39 is 36.5 Å². The van der Waals surface area contributed by atoms with Crippen LogP contribution in [-0.4, -0.2) is 66.2 Å². The molecule has 0 aromatic heterocycles. The SMILES string of the molecule is CS(=O)(=O)c1c(F)cccc1NCC(=O)Nc1ccc(S(=O)(=O)N2CCOCC2)cc1. The fraction of sp³-hybridized carbons (Fsp3) is 0.316. The number of carbonyl (C=O) groups excluding carboxylic acids is 1. The van der Waals surface area contributed by atoms with Crippen LogP contribution in [0, 0.1) is 5.82 Å². The van der Waals surface area contributed by atoms with Gasteiger partial charge in [0.15, 0.2) is 9.84 Å². The highest BCUT2D eigenvalue weighted by molar-refractivity contribution is 7.91. The number of rotatable bonds is 7. The first-order valence-corrected chi connectivity index (χ1v) is 12.6. The molecule has 0 radical (unpaired) electrons. The van der Waals surface area contributed by atoms with Gasteiger partial charge >= 0.3 is 0 Å². The van der Waals surface area contributed by atoms with Gasteiger partial charge < -0.3 is 15.4 Å². The maximum Gasteiger partial charge on any atom is 0.243 e. The van der Waals surface area contributed by atoms with Crippen LogP contribution in [0.4, 0.5) is 15.8 Å². The fourth-order valence-electron chi connectivity index (χ4n) is 3.05. The minimum atomic E-state index is -3.84. The van der Waals surface area contributed by atoms with Gasteiger partial charge in [0.2, 0.25) is 15.9 Å². The molecule has 0 saturated carbocycles. The van der Waals surface area contributed by atoms with E-state index in [1.54, 1.807) is 0 Å². The van der Waals surface area contributed by atoms with Crippen molar-refractivity contribution < 1.29 is 30.8 Å². The number of sulfonamides is 1. The predicted molar refractivity (Wildman–Crippen MR) is 113 cm³/mol. The molecule has 1 heterocycles. The monoisotopic (exact) mass is 471 g/mol. The maximum atomic E-state index is 13.9. The first-order chi connectivity index (χ1) is 14.6. The lowest BCUT2D eigenvalue weighted by Crippen LogP contribution is -2.40. The summed E-state index contributed by atoms with van der Waals surface area (Å²) in [6, 6.07) is 9.40. The number of morpholine rings is 1. The first kappa shape index (κ1) is 23.1. The van der Waals surface area contributed by atoms with E-state index >= 15 is 0 Å². The largest absolute Gasteiger partial charge is 0.379 e. The van der Waals surface area contributed by atoms with Crippen molar-refractivity contribution in [1.29, 1.82) is 0 Å². The second-order valence-corrected chi connectivity index (χ2v) is 10.7. The van der Waals surface area contributed by atoms with E-state index in [0.717, 1.165) is 12.3 Å². The van der Waals surface area contributed by atoms with Crippen molar-refractivity contribution in [2.45, 2.75) is 9.79 Å². The van der Waals surface area contributed by atoms with E-state index in [4.69, 9.17) is 4.74 Å². The number of sulfone groups is 1. The van der Waals surface area contributed by atoms with Crippen LogP contribution < -0.4 is 10.6 Å². The average Bonchev–Trinajstić information content (AvgIpc) is 2.72. The number of benzene rings is 2. The number of carbonyl (C=O) groups is 1. The van der Waals surface area contributed by atoms with Gasteiger partial charge in [0.25, 0.3) is 0 Å². The summed E-state index contributed by atoms with van der Waals surface area (Å²) >= 11 is 0. The average molecular weight is 472 g/mol. The molecular weight excluding hydrogens is 449 g/mol. The number of nitrogens with zero attached hydrogens (tertiary/aromatic N) is 1. The molecule has 1 aliphatic rings. The predicted octanol–water partition coefficient (Wildman–Crippen LogP) is 1.30. The standard InChI is InChI=1S/C19H22FN3O6S2/c1-30(25,26)19-16(20)3-2-4-17(19)21-13-18(24)22-14-5-7-15(8-6-14)31(27,28)23-9-11-29-12-10-23/h2-8,21H,9-13H2,1H3,(H,22,24). The second-order valence-electron chi connectivity index (χ2n) is 6.83. The van der Waals surface area contributed by atoms with Gasteiger partial charge in [-0.15, -0.1) is 0 Å². The van der Waals surface area contributed by atoms with E-state index in [-0.39, 0.29) is 30.2 Å². The highest BCUT2D eigenvalue weighted by Crippen LogP contribution is 2.24.